The average Bonchev–Trinajstić information content (AvgIpc) is 3.26. The minimum Gasteiger partial charge on any atom is -0.454 e. The van der Waals surface area contributed by atoms with Crippen LogP contribution in [0.15, 0.2) is 47.0 Å². The van der Waals surface area contributed by atoms with Gasteiger partial charge >= 0.3 is 0 Å². The van der Waals surface area contributed by atoms with Crippen LogP contribution in [0.25, 0.3) is 0 Å². The number of ether oxygens (including phenoxy) is 2. The van der Waals surface area contributed by atoms with Crippen molar-refractivity contribution in [2.24, 2.45) is 10.1 Å². The molecule has 0 aliphatic carbocycles. The molecule has 1 N–H and O–H groups in total. The van der Waals surface area contributed by atoms with Crippen molar-refractivity contribution in [3.63, 3.8) is 0 Å². The van der Waals surface area contributed by atoms with Crippen LogP contribution in [0.1, 0.15) is 22.5 Å². The predicted molar refractivity (Wildman–Crippen MR) is 110 cm³/mol. The number of aliphatic imine (C=N–C) groups is 1. The highest BCUT2D eigenvalue weighted by molar-refractivity contribution is 8.14. The molecule has 2 aromatic rings. The van der Waals surface area contributed by atoms with E-state index in [4.69, 9.17) is 9.47 Å². The maximum atomic E-state index is 5.41. The third-order valence-corrected chi connectivity index (χ3v) is 5.58. The van der Waals surface area contributed by atoms with Crippen LogP contribution in [-0.4, -0.2) is 28.0 Å². The van der Waals surface area contributed by atoms with Gasteiger partial charge in [-0.3, -0.25) is 10.4 Å². The third kappa shape index (κ3) is 3.60. The molecule has 0 saturated carbocycles. The first-order valence-electron chi connectivity index (χ1n) is 8.82. The van der Waals surface area contributed by atoms with E-state index in [0.29, 0.717) is 6.54 Å². The largest absolute Gasteiger partial charge is 0.454 e. The number of allylic oxidation sites excluding steroid dienone is 1. The summed E-state index contributed by atoms with van der Waals surface area (Å²) in [6.45, 7) is 9.75. The van der Waals surface area contributed by atoms with Gasteiger partial charge in [0.1, 0.15) is 0 Å². The molecular formula is C20H22N4O2S. The molecule has 3 heterocycles. The van der Waals surface area contributed by atoms with E-state index in [-0.39, 0.29) is 6.79 Å². The number of thioether (sulfide) groups is 1. The van der Waals surface area contributed by atoms with Crippen LogP contribution in [0.5, 0.6) is 11.5 Å². The number of hydrazone groups is 1. The summed E-state index contributed by atoms with van der Waals surface area (Å²) in [5, 5.41) is 5.39. The Hall–Kier alpha value is -2.67. The Bertz CT molecular complexity index is 946. The fourth-order valence-electron chi connectivity index (χ4n) is 3.24. The molecule has 1 aromatic carbocycles. The summed E-state index contributed by atoms with van der Waals surface area (Å²) in [5.41, 5.74) is 8.84. The van der Waals surface area contributed by atoms with Gasteiger partial charge in [-0.1, -0.05) is 23.9 Å². The van der Waals surface area contributed by atoms with Crippen LogP contribution < -0.4 is 14.9 Å². The molecule has 4 rings (SSSR count). The van der Waals surface area contributed by atoms with Gasteiger partial charge in [-0.15, -0.1) is 6.58 Å². The number of aryl methyl sites for hydroxylation is 1. The van der Waals surface area contributed by atoms with Gasteiger partial charge < -0.3 is 14.0 Å². The molecular weight excluding hydrogens is 360 g/mol. The van der Waals surface area contributed by atoms with Gasteiger partial charge in [-0.05, 0) is 37.6 Å². The Morgan fingerprint density at radius 1 is 1.30 bits per heavy atom. The van der Waals surface area contributed by atoms with Crippen LogP contribution >= 0.6 is 11.8 Å². The van der Waals surface area contributed by atoms with Crippen molar-refractivity contribution >= 4 is 22.6 Å². The molecule has 6 nitrogen and oxygen atoms in total. The first kappa shape index (κ1) is 17.7. The van der Waals surface area contributed by atoms with E-state index in [1.54, 1.807) is 11.8 Å². The number of hydrogen-bond acceptors (Lipinski definition) is 5. The summed E-state index contributed by atoms with van der Waals surface area (Å²) >= 11 is 1.67. The molecule has 0 spiro atoms. The van der Waals surface area contributed by atoms with E-state index in [9.17, 15) is 0 Å². The Kier molecular flexibility index (Phi) is 4.94. The van der Waals surface area contributed by atoms with Gasteiger partial charge in [0.05, 0.1) is 12.3 Å². The van der Waals surface area contributed by atoms with E-state index in [2.05, 4.69) is 46.6 Å². The number of rotatable bonds is 5. The van der Waals surface area contributed by atoms with Crippen LogP contribution in [0.3, 0.4) is 0 Å². The molecule has 0 amide bonds. The van der Waals surface area contributed by atoms with Gasteiger partial charge in [-0.2, -0.15) is 5.10 Å². The lowest BCUT2D eigenvalue weighted by molar-refractivity contribution is 0.174. The van der Waals surface area contributed by atoms with Crippen molar-refractivity contribution in [2.45, 2.75) is 26.9 Å². The lowest BCUT2D eigenvalue weighted by Crippen LogP contribution is -2.25. The zero-order valence-corrected chi connectivity index (χ0v) is 16.3. The number of nitrogens with zero attached hydrogens (tertiary/aromatic N) is 3. The Balaban J connectivity index is 1.45. The van der Waals surface area contributed by atoms with Gasteiger partial charge in [0, 0.05) is 29.2 Å². The quantitative estimate of drug-likeness (QED) is 0.803. The zero-order chi connectivity index (χ0) is 18.8. The first-order chi connectivity index (χ1) is 13.2. The Morgan fingerprint density at radius 2 is 2.15 bits per heavy atom. The molecule has 2 aliphatic rings. The monoisotopic (exact) mass is 382 g/mol. The number of amidine groups is 1. The van der Waals surface area contributed by atoms with Crippen molar-refractivity contribution in [3.8, 4) is 11.5 Å². The van der Waals surface area contributed by atoms with Crippen LogP contribution in [0.4, 0.5) is 0 Å². The fraction of sp³-hybridized carbons (Fsp3) is 0.300. The highest BCUT2D eigenvalue weighted by Gasteiger charge is 2.18. The van der Waals surface area contributed by atoms with E-state index >= 15 is 0 Å². The number of benzene rings is 1. The summed E-state index contributed by atoms with van der Waals surface area (Å²) in [6.07, 6.45) is 1.92. The normalized spacial score (nSPS) is 17.0. The Morgan fingerprint density at radius 3 is 2.93 bits per heavy atom. The molecule has 0 saturated heterocycles. The van der Waals surface area contributed by atoms with Crippen molar-refractivity contribution in [3.05, 3.63) is 59.4 Å². The standard InChI is InChI=1S/C20H22N4O2S/c1-4-7-24-13(2)8-16(14(24)3)17-11-27-20(23-22-17)21-10-15-5-6-18-19(9-15)26-12-25-18/h4-6,8-9H,1,7,10-12H2,2-3H3,(H,21,23). The molecule has 0 radical (unpaired) electrons. The second-order valence-corrected chi connectivity index (χ2v) is 7.42. The van der Waals surface area contributed by atoms with E-state index in [1.807, 2.05) is 24.3 Å². The highest BCUT2D eigenvalue weighted by atomic mass is 32.2. The topological polar surface area (TPSA) is 60.1 Å². The van der Waals surface area contributed by atoms with Crippen LogP contribution in [-0.2, 0) is 13.1 Å². The lowest BCUT2D eigenvalue weighted by Gasteiger charge is -2.15. The predicted octanol–water partition coefficient (Wildman–Crippen LogP) is 3.62. The molecule has 2 aliphatic heterocycles. The summed E-state index contributed by atoms with van der Waals surface area (Å²) in [4.78, 5) is 4.63. The minimum absolute atomic E-state index is 0.287. The first-order valence-corrected chi connectivity index (χ1v) is 9.80. The minimum atomic E-state index is 0.287. The van der Waals surface area contributed by atoms with Crippen molar-refractivity contribution in [1.29, 1.82) is 0 Å². The third-order valence-electron chi connectivity index (χ3n) is 4.67. The molecule has 0 fully saturated rings. The average molecular weight is 382 g/mol. The second kappa shape index (κ2) is 7.52. The van der Waals surface area contributed by atoms with Crippen LogP contribution in [0, 0.1) is 13.8 Å². The van der Waals surface area contributed by atoms with Gasteiger partial charge in [-0.25, -0.2) is 0 Å². The van der Waals surface area contributed by atoms with E-state index in [1.165, 1.54) is 17.0 Å². The number of fused-ring (bicyclic) bond motifs is 1. The molecule has 140 valence electrons. The van der Waals surface area contributed by atoms with Gasteiger partial charge in [0.15, 0.2) is 16.7 Å². The smallest absolute Gasteiger partial charge is 0.231 e. The second-order valence-electron chi connectivity index (χ2n) is 6.45. The summed E-state index contributed by atoms with van der Waals surface area (Å²) in [6, 6.07) is 8.10. The van der Waals surface area contributed by atoms with Crippen molar-refractivity contribution in [1.82, 2.24) is 9.99 Å². The van der Waals surface area contributed by atoms with E-state index in [0.717, 1.165) is 40.2 Å². The lowest BCUT2D eigenvalue weighted by atomic mass is 10.1. The maximum Gasteiger partial charge on any atom is 0.231 e. The maximum absolute atomic E-state index is 5.41. The molecule has 1 aromatic heterocycles. The zero-order valence-electron chi connectivity index (χ0n) is 15.5. The number of nitrogens with one attached hydrogen (secondary N) is 1. The van der Waals surface area contributed by atoms with E-state index < -0.39 is 0 Å². The van der Waals surface area contributed by atoms with Crippen molar-refractivity contribution < 1.29 is 9.47 Å². The molecule has 7 heteroatoms. The fourth-order valence-corrected chi connectivity index (χ4v) is 4.00. The Labute approximate surface area is 163 Å². The van der Waals surface area contributed by atoms with Crippen LogP contribution in [0.2, 0.25) is 0 Å². The van der Waals surface area contributed by atoms with Crippen molar-refractivity contribution in [2.75, 3.05) is 12.5 Å². The summed E-state index contributed by atoms with van der Waals surface area (Å²) < 4.78 is 13.0. The highest BCUT2D eigenvalue weighted by Crippen LogP contribution is 2.32. The number of hydrogen-bond donors (Lipinski definition) is 1. The molecule has 0 unspecified atom stereocenters. The molecule has 27 heavy (non-hydrogen) atoms. The molecule has 0 atom stereocenters. The summed E-state index contributed by atoms with van der Waals surface area (Å²) in [7, 11) is 0. The number of aromatic nitrogens is 1. The van der Waals surface area contributed by atoms with Gasteiger partial charge in [0.25, 0.3) is 0 Å². The summed E-state index contributed by atoms with van der Waals surface area (Å²) in [5.74, 6) is 2.37. The SMILES string of the molecule is C=CCn1c(C)cc(C2=NNC(=NCc3ccc4c(c3)OCO4)SC2)c1C. The van der Waals surface area contributed by atoms with Gasteiger partial charge in [0.2, 0.25) is 6.79 Å². The molecule has 0 bridgehead atoms.